The van der Waals surface area contributed by atoms with Crippen LogP contribution in [0.1, 0.15) is 50.4 Å². The van der Waals surface area contributed by atoms with E-state index in [0.29, 0.717) is 11.4 Å². The molecule has 0 aromatic carbocycles. The van der Waals surface area contributed by atoms with Crippen LogP contribution in [0.5, 0.6) is 0 Å². The summed E-state index contributed by atoms with van der Waals surface area (Å²) in [4.78, 5) is 15.6. The first kappa shape index (κ1) is 15.3. The van der Waals surface area contributed by atoms with Gasteiger partial charge in [0.05, 0.1) is 12.0 Å². The van der Waals surface area contributed by atoms with Crippen LogP contribution in [0, 0.1) is 16.7 Å². The number of aliphatic carboxylic acids is 1. The van der Waals surface area contributed by atoms with E-state index in [2.05, 4.69) is 16.4 Å². The minimum atomic E-state index is -0.859. The number of nitrogens with one attached hydrogen (secondary N) is 1. The van der Waals surface area contributed by atoms with Gasteiger partial charge >= 0.3 is 5.97 Å². The maximum absolute atomic E-state index is 11.1. The fraction of sp³-hybridized carbons (Fsp3) is 0.562. The molecule has 1 unspecified atom stereocenters. The van der Waals surface area contributed by atoms with Crippen LogP contribution in [0.3, 0.4) is 0 Å². The van der Waals surface area contributed by atoms with Gasteiger partial charge in [0.15, 0.2) is 0 Å². The Labute approximate surface area is 125 Å². The number of aromatic nitrogens is 1. The molecule has 1 aliphatic carbocycles. The van der Waals surface area contributed by atoms with Crippen LogP contribution in [-0.4, -0.2) is 22.1 Å². The van der Waals surface area contributed by atoms with E-state index in [4.69, 9.17) is 5.11 Å². The summed E-state index contributed by atoms with van der Waals surface area (Å²) in [6.07, 6.45) is 2.95. The van der Waals surface area contributed by atoms with Gasteiger partial charge in [0.25, 0.3) is 0 Å². The number of rotatable bonds is 4. The van der Waals surface area contributed by atoms with Crippen molar-refractivity contribution in [3.63, 3.8) is 0 Å². The second kappa shape index (κ2) is 5.72. The Hall–Kier alpha value is -2.09. The highest BCUT2D eigenvalue weighted by Crippen LogP contribution is 2.29. The Bertz CT molecular complexity index is 597. The number of carbonyl (C=O) groups is 1. The van der Waals surface area contributed by atoms with E-state index in [-0.39, 0.29) is 17.9 Å². The van der Waals surface area contributed by atoms with E-state index in [1.807, 2.05) is 26.8 Å². The van der Waals surface area contributed by atoms with Gasteiger partial charge < -0.3 is 10.4 Å². The lowest BCUT2D eigenvalue weighted by Crippen LogP contribution is -2.36. The summed E-state index contributed by atoms with van der Waals surface area (Å²) in [5.74, 6) is -0.346. The molecule has 1 aromatic heterocycles. The van der Waals surface area contributed by atoms with Gasteiger partial charge in [-0.25, -0.2) is 4.98 Å². The lowest BCUT2D eigenvalue weighted by molar-refractivity contribution is -0.137. The Kier molecular flexibility index (Phi) is 4.17. The van der Waals surface area contributed by atoms with Crippen molar-refractivity contribution in [3.05, 3.63) is 22.9 Å². The second-order valence-electron chi connectivity index (χ2n) is 6.62. The van der Waals surface area contributed by atoms with Gasteiger partial charge in [-0.15, -0.1) is 0 Å². The maximum atomic E-state index is 11.1. The summed E-state index contributed by atoms with van der Waals surface area (Å²) in [6, 6.07) is 3.77. The van der Waals surface area contributed by atoms with Crippen LogP contribution < -0.4 is 5.32 Å². The summed E-state index contributed by atoms with van der Waals surface area (Å²) < 4.78 is 0. The maximum Gasteiger partial charge on any atom is 0.305 e. The van der Waals surface area contributed by atoms with Crippen molar-refractivity contribution >= 4 is 11.8 Å². The van der Waals surface area contributed by atoms with Gasteiger partial charge in [-0.2, -0.15) is 5.26 Å². The van der Waals surface area contributed by atoms with Crippen molar-refractivity contribution in [1.82, 2.24) is 4.98 Å². The zero-order valence-corrected chi connectivity index (χ0v) is 12.7. The van der Waals surface area contributed by atoms with Crippen molar-refractivity contribution in [1.29, 1.82) is 5.26 Å². The number of nitrogens with zero attached hydrogens (tertiary/aromatic N) is 2. The van der Waals surface area contributed by atoms with Gasteiger partial charge in [-0.05, 0) is 36.3 Å². The largest absolute Gasteiger partial charge is 0.481 e. The molecule has 0 spiro atoms. The van der Waals surface area contributed by atoms with Gasteiger partial charge in [-0.1, -0.05) is 20.8 Å². The Morgan fingerprint density at radius 1 is 1.52 bits per heavy atom. The summed E-state index contributed by atoms with van der Waals surface area (Å²) in [5, 5.41) is 21.6. The Balaban J connectivity index is 2.32. The van der Waals surface area contributed by atoms with E-state index in [0.717, 1.165) is 30.5 Å². The van der Waals surface area contributed by atoms with Crippen molar-refractivity contribution in [2.75, 3.05) is 5.32 Å². The first-order valence-electron chi connectivity index (χ1n) is 7.22. The zero-order valence-electron chi connectivity index (χ0n) is 12.7. The lowest BCUT2D eigenvalue weighted by atomic mass is 9.84. The minimum Gasteiger partial charge on any atom is -0.481 e. The van der Waals surface area contributed by atoms with E-state index in [1.54, 1.807) is 0 Å². The molecule has 2 N–H and O–H groups in total. The molecule has 1 heterocycles. The number of aryl methyl sites for hydroxylation is 2. The van der Waals surface area contributed by atoms with Crippen LogP contribution in [-0.2, 0) is 17.6 Å². The predicted molar refractivity (Wildman–Crippen MR) is 80.1 cm³/mol. The van der Waals surface area contributed by atoms with Crippen molar-refractivity contribution in [2.45, 2.75) is 52.5 Å². The monoisotopic (exact) mass is 287 g/mol. The van der Waals surface area contributed by atoms with Crippen LogP contribution >= 0.6 is 0 Å². The average Bonchev–Trinajstić information content (AvgIpc) is 2.82. The molecular formula is C16H21N3O2. The predicted octanol–water partition coefficient (Wildman–Crippen LogP) is 2.74. The van der Waals surface area contributed by atoms with Gasteiger partial charge in [0, 0.05) is 11.7 Å². The summed E-state index contributed by atoms with van der Waals surface area (Å²) in [6.45, 7) is 5.94. The van der Waals surface area contributed by atoms with E-state index in [9.17, 15) is 10.1 Å². The molecule has 0 aliphatic heterocycles. The molecule has 0 bridgehead atoms. The molecule has 0 saturated heterocycles. The highest BCUT2D eigenvalue weighted by Gasteiger charge is 2.28. The van der Waals surface area contributed by atoms with Crippen LogP contribution in [0.25, 0.3) is 0 Å². The molecule has 0 amide bonds. The number of pyridine rings is 1. The molecule has 1 atom stereocenters. The van der Waals surface area contributed by atoms with Crippen molar-refractivity contribution in [2.24, 2.45) is 5.41 Å². The third-order valence-electron chi connectivity index (χ3n) is 3.91. The molecule has 1 aliphatic rings. The molecule has 21 heavy (non-hydrogen) atoms. The highest BCUT2D eigenvalue weighted by atomic mass is 16.4. The number of hydrogen-bond acceptors (Lipinski definition) is 4. The molecular weight excluding hydrogens is 266 g/mol. The van der Waals surface area contributed by atoms with Crippen molar-refractivity contribution < 1.29 is 9.90 Å². The number of anilines is 1. The summed E-state index contributed by atoms with van der Waals surface area (Å²) in [7, 11) is 0. The Morgan fingerprint density at radius 3 is 2.81 bits per heavy atom. The molecule has 5 heteroatoms. The molecule has 1 aromatic rings. The lowest BCUT2D eigenvalue weighted by Gasteiger charge is -2.31. The molecule has 0 saturated carbocycles. The number of carboxylic acids is 1. The van der Waals surface area contributed by atoms with E-state index in [1.165, 1.54) is 0 Å². The van der Waals surface area contributed by atoms with Crippen LogP contribution in [0.2, 0.25) is 0 Å². The quantitative estimate of drug-likeness (QED) is 0.889. The second-order valence-corrected chi connectivity index (χ2v) is 6.62. The number of carboxylic acid groups (broad SMARTS) is 1. The first-order chi connectivity index (χ1) is 9.81. The molecule has 0 fully saturated rings. The zero-order chi connectivity index (χ0) is 15.6. The normalized spacial score (nSPS) is 15.1. The number of nitriles is 1. The van der Waals surface area contributed by atoms with Gasteiger partial charge in [0.2, 0.25) is 0 Å². The van der Waals surface area contributed by atoms with E-state index >= 15 is 0 Å². The smallest absolute Gasteiger partial charge is 0.305 e. The highest BCUT2D eigenvalue weighted by molar-refractivity contribution is 5.69. The fourth-order valence-corrected chi connectivity index (χ4v) is 2.58. The molecule has 2 rings (SSSR count). The van der Waals surface area contributed by atoms with E-state index < -0.39 is 5.97 Å². The summed E-state index contributed by atoms with van der Waals surface area (Å²) >= 11 is 0. The van der Waals surface area contributed by atoms with Crippen LogP contribution in [0.15, 0.2) is 6.07 Å². The SMILES string of the molecule is CC(C)(C)C(CC(=O)O)Nc1nc2c(cc1C#N)CCC2. The fourth-order valence-electron chi connectivity index (χ4n) is 2.58. The van der Waals surface area contributed by atoms with Gasteiger partial charge in [-0.3, -0.25) is 4.79 Å². The standard InChI is InChI=1S/C16H21N3O2/c1-16(2,3)13(8-14(20)21)19-15-11(9-17)7-10-5-4-6-12(10)18-15/h7,13H,4-6,8H2,1-3H3,(H,18,19)(H,20,21). The van der Waals surface area contributed by atoms with Crippen LogP contribution in [0.4, 0.5) is 5.82 Å². The molecule has 0 radical (unpaired) electrons. The Morgan fingerprint density at radius 2 is 2.24 bits per heavy atom. The average molecular weight is 287 g/mol. The topological polar surface area (TPSA) is 86.0 Å². The number of hydrogen-bond donors (Lipinski definition) is 2. The third-order valence-corrected chi connectivity index (χ3v) is 3.91. The molecule has 5 nitrogen and oxygen atoms in total. The summed E-state index contributed by atoms with van der Waals surface area (Å²) in [5.41, 5.74) is 2.42. The first-order valence-corrected chi connectivity index (χ1v) is 7.22. The van der Waals surface area contributed by atoms with Crippen molar-refractivity contribution in [3.8, 4) is 6.07 Å². The number of fused-ring (bicyclic) bond motifs is 1. The third kappa shape index (κ3) is 3.52. The molecule has 112 valence electrons. The van der Waals surface area contributed by atoms with Gasteiger partial charge in [0.1, 0.15) is 11.9 Å². The minimum absolute atomic E-state index is 0.00681.